The normalized spacial score (nSPS) is 9.25. The fourth-order valence-corrected chi connectivity index (χ4v) is 0.768. The second kappa shape index (κ2) is 9.78. The maximum Gasteiger partial charge on any atom is 0.307 e. The van der Waals surface area contributed by atoms with Crippen molar-refractivity contribution in [3.05, 3.63) is 0 Å². The molecule has 0 amide bonds. The van der Waals surface area contributed by atoms with Crippen LogP contribution in [0.4, 0.5) is 0 Å². The Balaban J connectivity index is 3.33. The highest BCUT2D eigenvalue weighted by molar-refractivity contribution is 6.25. The van der Waals surface area contributed by atoms with E-state index in [9.17, 15) is 19.2 Å². The van der Waals surface area contributed by atoms with Crippen molar-refractivity contribution in [2.45, 2.75) is 6.42 Å². The molecule has 0 saturated carbocycles. The molecule has 0 aliphatic rings. The van der Waals surface area contributed by atoms with E-state index in [1.807, 2.05) is 0 Å². The van der Waals surface area contributed by atoms with Crippen LogP contribution in [-0.4, -0.2) is 50.8 Å². The van der Waals surface area contributed by atoms with Crippen molar-refractivity contribution in [1.82, 2.24) is 5.32 Å². The molecule has 0 fully saturated rings. The van der Waals surface area contributed by atoms with E-state index in [-0.39, 0.29) is 45.5 Å². The van der Waals surface area contributed by atoms with E-state index in [1.165, 1.54) is 0 Å². The minimum Gasteiger partial charge on any atom is -0.464 e. The molecule has 0 aromatic heterocycles. The Kier molecular flexibility index (Phi) is 8.71. The number of carbonyl (C=O) groups excluding carboxylic acids is 4. The molecule has 0 aromatic rings. The Morgan fingerprint density at radius 1 is 1.19 bits per heavy atom. The fourth-order valence-electron chi connectivity index (χ4n) is 0.768. The van der Waals surface area contributed by atoms with Crippen molar-refractivity contribution in [2.75, 3.05) is 26.3 Å². The predicted octanol–water partition coefficient (Wildman–Crippen LogP) is -1.55. The highest BCUT2D eigenvalue weighted by Crippen LogP contribution is 1.85. The van der Waals surface area contributed by atoms with Crippen LogP contribution in [-0.2, 0) is 28.7 Å². The number of ether oxygens (including phenoxy) is 2. The van der Waals surface area contributed by atoms with Crippen molar-refractivity contribution in [3.8, 4) is 0 Å². The number of aldehydes is 1. The van der Waals surface area contributed by atoms with Crippen LogP contribution in [0.1, 0.15) is 6.42 Å². The third-order valence-electron chi connectivity index (χ3n) is 1.47. The van der Waals surface area contributed by atoms with Gasteiger partial charge in [-0.25, -0.2) is 0 Å². The summed E-state index contributed by atoms with van der Waals surface area (Å²) in [6.45, 7) is 0.440. The summed E-state index contributed by atoms with van der Waals surface area (Å²) >= 11 is 0. The van der Waals surface area contributed by atoms with Crippen LogP contribution in [0.15, 0.2) is 0 Å². The van der Waals surface area contributed by atoms with Gasteiger partial charge < -0.3 is 14.8 Å². The molecular formula is C9H13NO6. The molecule has 0 aliphatic heterocycles. The zero-order valence-electron chi connectivity index (χ0n) is 8.64. The van der Waals surface area contributed by atoms with E-state index < -0.39 is 11.8 Å². The van der Waals surface area contributed by atoms with Gasteiger partial charge in [0.2, 0.25) is 5.78 Å². The maximum absolute atomic E-state index is 11.0. The molecule has 0 aliphatic carbocycles. The molecule has 0 spiro atoms. The molecular weight excluding hydrogens is 218 g/mol. The summed E-state index contributed by atoms with van der Waals surface area (Å²) in [5.74, 6) is -1.05. The Bertz CT molecular complexity index is 252. The molecule has 16 heavy (non-hydrogen) atoms. The monoisotopic (exact) mass is 231 g/mol. The zero-order valence-corrected chi connectivity index (χ0v) is 8.64. The largest absolute Gasteiger partial charge is 0.464 e. The number of ketones is 1. The third kappa shape index (κ3) is 8.82. The van der Waals surface area contributed by atoms with Gasteiger partial charge in [0.15, 0.2) is 6.29 Å². The number of carbonyl (C=O) groups is 4. The zero-order chi connectivity index (χ0) is 12.2. The molecule has 0 saturated heterocycles. The third-order valence-corrected chi connectivity index (χ3v) is 1.47. The molecule has 7 nitrogen and oxygen atoms in total. The molecule has 0 unspecified atom stereocenters. The van der Waals surface area contributed by atoms with Crippen LogP contribution in [0.5, 0.6) is 0 Å². The Labute approximate surface area is 92.1 Å². The van der Waals surface area contributed by atoms with E-state index in [0.717, 1.165) is 0 Å². The van der Waals surface area contributed by atoms with Crippen molar-refractivity contribution in [3.63, 3.8) is 0 Å². The van der Waals surface area contributed by atoms with Gasteiger partial charge in [0.1, 0.15) is 13.2 Å². The van der Waals surface area contributed by atoms with Crippen LogP contribution < -0.4 is 5.32 Å². The molecule has 7 heteroatoms. The number of Topliss-reactive ketones (excluding diaryl/α,β-unsaturated/α-hetero) is 1. The number of esters is 1. The second-order valence-electron chi connectivity index (χ2n) is 2.70. The minimum atomic E-state index is -0.576. The van der Waals surface area contributed by atoms with Gasteiger partial charge in [0, 0.05) is 6.54 Å². The topological polar surface area (TPSA) is 98.8 Å². The van der Waals surface area contributed by atoms with Gasteiger partial charge in [-0.2, -0.15) is 0 Å². The quantitative estimate of drug-likeness (QED) is 0.210. The molecule has 0 heterocycles. The highest BCUT2D eigenvalue weighted by atomic mass is 16.6. The average Bonchev–Trinajstić information content (AvgIpc) is 2.30. The lowest BCUT2D eigenvalue weighted by Gasteiger charge is -2.04. The first-order valence-corrected chi connectivity index (χ1v) is 4.60. The number of hydrogen-bond acceptors (Lipinski definition) is 7. The first-order valence-electron chi connectivity index (χ1n) is 4.60. The lowest BCUT2D eigenvalue weighted by molar-refractivity contribution is -0.147. The van der Waals surface area contributed by atoms with Gasteiger partial charge in [0.25, 0.3) is 6.47 Å². The van der Waals surface area contributed by atoms with E-state index in [2.05, 4.69) is 14.8 Å². The van der Waals surface area contributed by atoms with Crippen LogP contribution in [0.25, 0.3) is 0 Å². The minimum absolute atomic E-state index is 0.00480. The van der Waals surface area contributed by atoms with Crippen molar-refractivity contribution in [1.29, 1.82) is 0 Å². The van der Waals surface area contributed by atoms with Crippen LogP contribution in [0.2, 0.25) is 0 Å². The van der Waals surface area contributed by atoms with Crippen molar-refractivity contribution in [2.24, 2.45) is 0 Å². The van der Waals surface area contributed by atoms with E-state index in [1.54, 1.807) is 0 Å². The molecule has 0 radical (unpaired) electrons. The fraction of sp³-hybridized carbons (Fsp3) is 0.556. The summed E-state index contributed by atoms with van der Waals surface area (Å²) in [6, 6.07) is 0. The smallest absolute Gasteiger partial charge is 0.307 e. The summed E-state index contributed by atoms with van der Waals surface area (Å²) in [7, 11) is 0. The molecule has 0 bridgehead atoms. The summed E-state index contributed by atoms with van der Waals surface area (Å²) in [5, 5.41) is 2.60. The molecule has 90 valence electrons. The van der Waals surface area contributed by atoms with Gasteiger partial charge in [0.05, 0.1) is 13.0 Å². The summed E-state index contributed by atoms with van der Waals surface area (Å²) < 4.78 is 8.96. The van der Waals surface area contributed by atoms with Crippen LogP contribution >= 0.6 is 0 Å². The Morgan fingerprint density at radius 3 is 2.56 bits per heavy atom. The Hall–Kier alpha value is -1.76. The summed E-state index contributed by atoms with van der Waals surface area (Å²) in [4.78, 5) is 41.1. The van der Waals surface area contributed by atoms with Gasteiger partial charge in [-0.3, -0.25) is 19.2 Å². The van der Waals surface area contributed by atoms with Gasteiger partial charge in [-0.05, 0) is 0 Å². The molecule has 0 aromatic carbocycles. The Morgan fingerprint density at radius 2 is 1.94 bits per heavy atom. The molecule has 0 atom stereocenters. The van der Waals surface area contributed by atoms with E-state index >= 15 is 0 Å². The van der Waals surface area contributed by atoms with Gasteiger partial charge in [-0.1, -0.05) is 0 Å². The highest BCUT2D eigenvalue weighted by Gasteiger charge is 2.03. The molecule has 1 N–H and O–H groups in total. The van der Waals surface area contributed by atoms with Crippen molar-refractivity contribution < 1.29 is 28.7 Å². The standard InChI is InChI=1S/C9H13NO6/c11-6-8(13)5-10-2-1-9(14)16-4-3-15-7-12/h6-7,10H,1-5H2. The van der Waals surface area contributed by atoms with Crippen LogP contribution in [0.3, 0.4) is 0 Å². The first kappa shape index (κ1) is 14.2. The van der Waals surface area contributed by atoms with E-state index in [4.69, 9.17) is 0 Å². The predicted molar refractivity (Wildman–Crippen MR) is 51.5 cm³/mol. The van der Waals surface area contributed by atoms with Crippen molar-refractivity contribution >= 4 is 24.5 Å². The second-order valence-corrected chi connectivity index (χ2v) is 2.70. The molecule has 0 rings (SSSR count). The van der Waals surface area contributed by atoms with Crippen LogP contribution in [0, 0.1) is 0 Å². The maximum atomic E-state index is 11.0. The average molecular weight is 231 g/mol. The first-order chi connectivity index (χ1) is 7.70. The SMILES string of the molecule is O=COCCOC(=O)CCNCC(=O)C=O. The number of hydrogen-bond donors (Lipinski definition) is 1. The van der Waals surface area contributed by atoms with Gasteiger partial charge in [-0.15, -0.1) is 0 Å². The van der Waals surface area contributed by atoms with Gasteiger partial charge >= 0.3 is 5.97 Å². The lowest BCUT2D eigenvalue weighted by atomic mass is 10.4. The number of nitrogens with one attached hydrogen (secondary N) is 1. The lowest BCUT2D eigenvalue weighted by Crippen LogP contribution is -2.26. The summed E-state index contributed by atoms with van der Waals surface area (Å²) in [5.41, 5.74) is 0. The summed E-state index contributed by atoms with van der Waals surface area (Å²) in [6.07, 6.45) is 0.287. The van der Waals surface area contributed by atoms with E-state index in [0.29, 0.717) is 0 Å². The number of rotatable bonds is 10.